The second kappa shape index (κ2) is 17.7. The molecule has 0 unspecified atom stereocenters. The summed E-state index contributed by atoms with van der Waals surface area (Å²) in [6.45, 7) is 0. The Balaban J connectivity index is 0.000000139. The maximum Gasteiger partial charge on any atom is 0.164 e. The van der Waals surface area contributed by atoms with Gasteiger partial charge in [0.1, 0.15) is 0 Å². The molecule has 10 aromatic carbocycles. The van der Waals surface area contributed by atoms with Crippen molar-refractivity contribution in [3.05, 3.63) is 241 Å². The molecule has 1 aliphatic rings. The van der Waals surface area contributed by atoms with E-state index in [1.54, 1.807) is 0 Å². The van der Waals surface area contributed by atoms with Crippen LogP contribution in [-0.2, 0) is 7.05 Å². The molecule has 0 aliphatic heterocycles. The number of aryl methyl sites for hydroxylation is 1. The Kier molecular flexibility index (Phi) is 10.5. The first kappa shape index (κ1) is 42.0. The second-order valence-electron chi connectivity index (χ2n) is 18.3. The predicted molar refractivity (Wildman–Crippen MR) is 297 cm³/mol. The first-order valence-corrected chi connectivity index (χ1v) is 24.4. The number of hydrogen-bond donors (Lipinski definition) is 0. The van der Waals surface area contributed by atoms with Gasteiger partial charge in [0.05, 0.1) is 16.6 Å². The van der Waals surface area contributed by atoms with Crippen LogP contribution in [-0.4, -0.2) is 24.1 Å². The van der Waals surface area contributed by atoms with Crippen LogP contribution in [0.15, 0.2) is 231 Å². The van der Waals surface area contributed by atoms with E-state index in [4.69, 9.17) is 15.0 Å². The van der Waals surface area contributed by atoms with Crippen LogP contribution in [0.2, 0.25) is 0 Å². The number of fused-ring (bicyclic) bond motifs is 9. The van der Waals surface area contributed by atoms with E-state index in [0.29, 0.717) is 17.5 Å². The van der Waals surface area contributed by atoms with Crippen LogP contribution in [0.3, 0.4) is 0 Å². The third-order valence-corrected chi connectivity index (χ3v) is 14.1. The van der Waals surface area contributed by atoms with Crippen molar-refractivity contribution in [2.45, 2.75) is 12.8 Å². The lowest BCUT2D eigenvalue weighted by molar-refractivity contribution is 0.910. The van der Waals surface area contributed by atoms with Gasteiger partial charge in [-0.05, 0) is 93.0 Å². The number of hydrogen-bond acceptors (Lipinski definition) is 3. The average molecular weight is 910 g/mol. The number of nitrogens with zero attached hydrogens (tertiary/aromatic N) is 5. The van der Waals surface area contributed by atoms with Gasteiger partial charge < -0.3 is 9.13 Å². The van der Waals surface area contributed by atoms with Crippen LogP contribution in [0.4, 0.5) is 0 Å². The molecule has 0 amide bonds. The second-order valence-corrected chi connectivity index (χ2v) is 18.3. The van der Waals surface area contributed by atoms with Gasteiger partial charge in [-0.25, -0.2) is 15.0 Å². The summed E-state index contributed by atoms with van der Waals surface area (Å²) in [5, 5.41) is 11.7. The molecule has 0 saturated heterocycles. The van der Waals surface area contributed by atoms with Gasteiger partial charge in [0.25, 0.3) is 0 Å². The molecule has 3 heterocycles. The monoisotopic (exact) mass is 909 g/mol. The minimum absolute atomic E-state index is 0.664. The normalized spacial score (nSPS) is 12.1. The number of para-hydroxylation sites is 1. The molecule has 0 saturated carbocycles. The molecule has 0 atom stereocenters. The Morgan fingerprint density at radius 2 is 0.873 bits per heavy atom. The molecule has 3 aromatic heterocycles. The first-order valence-electron chi connectivity index (χ1n) is 24.4. The third kappa shape index (κ3) is 7.56. The molecule has 14 rings (SSSR count). The summed E-state index contributed by atoms with van der Waals surface area (Å²) < 4.78 is 4.84. The highest BCUT2D eigenvalue weighted by atomic mass is 15.0. The predicted octanol–water partition coefficient (Wildman–Crippen LogP) is 15.1. The number of aromatic nitrogens is 5. The summed E-state index contributed by atoms with van der Waals surface area (Å²) >= 11 is 0. The van der Waals surface area contributed by atoms with E-state index in [0.717, 1.165) is 40.5 Å². The van der Waals surface area contributed by atoms with E-state index in [9.17, 15) is 0 Å². The maximum atomic E-state index is 4.89. The van der Waals surface area contributed by atoms with E-state index in [1.807, 2.05) is 36.4 Å². The van der Waals surface area contributed by atoms with E-state index < -0.39 is 0 Å². The van der Waals surface area contributed by atoms with Gasteiger partial charge in [-0.3, -0.25) is 0 Å². The Labute approximate surface area is 411 Å². The fourth-order valence-electron chi connectivity index (χ4n) is 10.6. The average Bonchev–Trinajstić information content (AvgIpc) is 3.93. The molecule has 5 heteroatoms. The molecule has 0 fully saturated rings. The summed E-state index contributed by atoms with van der Waals surface area (Å²) in [6, 6.07) is 81.2. The molecule has 0 bridgehead atoms. The molecule has 71 heavy (non-hydrogen) atoms. The van der Waals surface area contributed by atoms with Crippen LogP contribution in [0.1, 0.15) is 12.8 Å². The molecule has 0 N–H and O–H groups in total. The minimum Gasteiger partial charge on any atom is -0.344 e. The lowest BCUT2D eigenvalue weighted by Gasteiger charge is -2.12. The molecule has 0 spiro atoms. The highest BCUT2D eigenvalue weighted by Crippen LogP contribution is 2.42. The quantitative estimate of drug-likeness (QED) is 0.167. The zero-order valence-corrected chi connectivity index (χ0v) is 39.2. The molecule has 5 nitrogen and oxygen atoms in total. The molecule has 0 radical (unpaired) electrons. The summed E-state index contributed by atoms with van der Waals surface area (Å²) in [7, 11) is 2.21. The molecular weight excluding hydrogens is 863 g/mol. The Hall–Kier alpha value is -9.19. The number of benzene rings is 10. The van der Waals surface area contributed by atoms with Gasteiger partial charge in [-0.15, -0.1) is 0 Å². The summed E-state index contributed by atoms with van der Waals surface area (Å²) in [5.41, 5.74) is 12.7. The number of rotatable bonds is 6. The Bertz CT molecular complexity index is 4250. The van der Waals surface area contributed by atoms with Crippen LogP contribution in [0.25, 0.3) is 129 Å². The van der Waals surface area contributed by atoms with Crippen molar-refractivity contribution in [2.75, 3.05) is 0 Å². The largest absolute Gasteiger partial charge is 0.344 e. The van der Waals surface area contributed by atoms with Crippen molar-refractivity contribution in [1.82, 2.24) is 24.1 Å². The van der Waals surface area contributed by atoms with Crippen LogP contribution < -0.4 is 10.6 Å². The summed E-state index contributed by atoms with van der Waals surface area (Å²) in [5.74, 6) is 2.00. The van der Waals surface area contributed by atoms with Gasteiger partial charge in [-0.1, -0.05) is 206 Å². The van der Waals surface area contributed by atoms with Crippen LogP contribution in [0, 0.1) is 0 Å². The molecule has 13 aromatic rings. The zero-order valence-electron chi connectivity index (χ0n) is 39.2. The van der Waals surface area contributed by atoms with Crippen molar-refractivity contribution in [1.29, 1.82) is 0 Å². The smallest absolute Gasteiger partial charge is 0.164 e. The van der Waals surface area contributed by atoms with Gasteiger partial charge in [0.15, 0.2) is 17.5 Å². The summed E-state index contributed by atoms with van der Waals surface area (Å²) in [6.07, 6.45) is 7.04. The van der Waals surface area contributed by atoms with E-state index >= 15 is 0 Å². The van der Waals surface area contributed by atoms with Gasteiger partial charge in [-0.2, -0.15) is 0 Å². The van der Waals surface area contributed by atoms with E-state index in [-0.39, 0.29) is 0 Å². The van der Waals surface area contributed by atoms with E-state index in [1.165, 1.54) is 81.8 Å². The zero-order chi connectivity index (χ0) is 47.3. The van der Waals surface area contributed by atoms with E-state index in [2.05, 4.69) is 222 Å². The molecule has 1 aliphatic carbocycles. The first-order chi connectivity index (χ1) is 35.1. The Morgan fingerprint density at radius 1 is 0.352 bits per heavy atom. The standard InChI is InChI=1S/C35H26N2.C31H21N3/c1-36-31-19-11-10-17-26(31)29-20-30-33(22-32(29)36)37(24-14-6-3-7-15-24)34-21-28(23-12-4-2-5-13-23)25-16-8-9-18-27(25)35(30)34;1-3-9-22(10-4-1)24-15-18-26(19-16-24)30-32-29(25-12-5-2-6-13-25)33-31(34-30)28-20-17-23-11-7-8-14-27(23)21-28/h2-9,12-22H,10-11H2,1H3;1-21H. The van der Waals surface area contributed by atoms with Crippen molar-refractivity contribution in [3.8, 4) is 62.1 Å². The van der Waals surface area contributed by atoms with Crippen molar-refractivity contribution >= 4 is 66.4 Å². The lowest BCUT2D eigenvalue weighted by Crippen LogP contribution is -2.29. The lowest BCUT2D eigenvalue weighted by atomic mass is 9.94. The highest BCUT2D eigenvalue weighted by Gasteiger charge is 2.20. The SMILES string of the molecule is Cn1c2c(c3cc4c5c6ccccc6c(-c6ccccc6)cc5n(-c5ccccc5)c4cc31)=CCCC=2.c1ccc(-c2ccc(-c3nc(-c4ccccc4)nc(-c4ccc5ccccc5c4)n3)cc2)cc1. The van der Waals surface area contributed by atoms with Crippen LogP contribution in [0.5, 0.6) is 0 Å². The molecular formula is C66H47N5. The van der Waals surface area contributed by atoms with Crippen LogP contribution >= 0.6 is 0 Å². The van der Waals surface area contributed by atoms with Gasteiger partial charge in [0.2, 0.25) is 0 Å². The van der Waals surface area contributed by atoms with Gasteiger partial charge >= 0.3 is 0 Å². The van der Waals surface area contributed by atoms with Crippen molar-refractivity contribution in [2.24, 2.45) is 7.05 Å². The fourth-order valence-corrected chi connectivity index (χ4v) is 10.6. The molecule has 336 valence electrons. The third-order valence-electron chi connectivity index (χ3n) is 14.1. The Morgan fingerprint density at radius 3 is 1.58 bits per heavy atom. The minimum atomic E-state index is 0.664. The van der Waals surface area contributed by atoms with Crippen molar-refractivity contribution < 1.29 is 0 Å². The van der Waals surface area contributed by atoms with Crippen molar-refractivity contribution in [3.63, 3.8) is 0 Å². The summed E-state index contributed by atoms with van der Waals surface area (Å²) in [4.78, 5) is 14.6. The van der Waals surface area contributed by atoms with Gasteiger partial charge in [0, 0.05) is 56.2 Å². The maximum absolute atomic E-state index is 4.89. The highest BCUT2D eigenvalue weighted by molar-refractivity contribution is 6.25. The fraction of sp³-hybridized carbons (Fsp3) is 0.0455. The topological polar surface area (TPSA) is 48.5 Å².